The van der Waals surface area contributed by atoms with E-state index in [0.29, 0.717) is 22.2 Å². The van der Waals surface area contributed by atoms with Crippen molar-refractivity contribution in [1.82, 2.24) is 0 Å². The summed E-state index contributed by atoms with van der Waals surface area (Å²) in [6.07, 6.45) is 0.763. The fraction of sp³-hybridized carbons (Fsp3) is 0.312. The van der Waals surface area contributed by atoms with Crippen molar-refractivity contribution in [2.24, 2.45) is 0 Å². The van der Waals surface area contributed by atoms with Crippen molar-refractivity contribution in [3.63, 3.8) is 0 Å². The highest BCUT2D eigenvalue weighted by Gasteiger charge is 2.22. The van der Waals surface area contributed by atoms with Crippen molar-refractivity contribution in [2.45, 2.75) is 27.2 Å². The van der Waals surface area contributed by atoms with Crippen molar-refractivity contribution in [2.75, 3.05) is 12.3 Å². The summed E-state index contributed by atoms with van der Waals surface area (Å²) in [5, 5.41) is 0.699. The highest BCUT2D eigenvalue weighted by Crippen LogP contribution is 2.41. The van der Waals surface area contributed by atoms with Gasteiger partial charge in [0.25, 0.3) is 0 Å². The van der Waals surface area contributed by atoms with Crippen LogP contribution in [0.3, 0.4) is 0 Å². The predicted octanol–water partition coefficient (Wildman–Crippen LogP) is 4.70. The molecule has 0 saturated carbocycles. The number of benzene rings is 1. The number of ether oxygens (including phenoxy) is 1. The Morgan fingerprint density at radius 3 is 2.67 bits per heavy atom. The molecule has 0 radical (unpaired) electrons. The topological polar surface area (TPSA) is 52.3 Å². The van der Waals surface area contributed by atoms with Crippen molar-refractivity contribution in [1.29, 1.82) is 0 Å². The first-order valence-corrected chi connectivity index (χ1v) is 8.03. The first-order chi connectivity index (χ1) is 9.99. The molecular formula is C16H18ClNO2S. The Balaban J connectivity index is 2.58. The van der Waals surface area contributed by atoms with Crippen LogP contribution >= 0.6 is 22.9 Å². The third-order valence-corrected chi connectivity index (χ3v) is 4.79. The molecular weight excluding hydrogens is 306 g/mol. The molecule has 0 spiro atoms. The Morgan fingerprint density at radius 2 is 2.10 bits per heavy atom. The van der Waals surface area contributed by atoms with Gasteiger partial charge >= 0.3 is 5.97 Å². The van der Waals surface area contributed by atoms with Crippen LogP contribution in [-0.2, 0) is 11.2 Å². The average Bonchev–Trinajstić information content (AvgIpc) is 2.76. The summed E-state index contributed by atoms with van der Waals surface area (Å²) in [4.78, 5) is 13.5. The summed E-state index contributed by atoms with van der Waals surface area (Å²) in [7, 11) is 0. The third-order valence-electron chi connectivity index (χ3n) is 3.30. The molecule has 0 unspecified atom stereocenters. The highest BCUT2D eigenvalue weighted by molar-refractivity contribution is 7.18. The number of hydrogen-bond donors (Lipinski definition) is 1. The zero-order chi connectivity index (χ0) is 15.6. The summed E-state index contributed by atoms with van der Waals surface area (Å²) >= 11 is 7.40. The largest absolute Gasteiger partial charge is 0.462 e. The SMILES string of the molecule is CCOC(=O)c1sc(-c2ccc(Cl)cc2C)c(CC)c1N. The quantitative estimate of drug-likeness (QED) is 0.830. The molecule has 0 atom stereocenters. The molecule has 0 aliphatic heterocycles. The molecule has 1 heterocycles. The molecule has 0 amide bonds. The zero-order valence-electron chi connectivity index (χ0n) is 12.3. The summed E-state index contributed by atoms with van der Waals surface area (Å²) in [5.41, 5.74) is 9.80. The summed E-state index contributed by atoms with van der Waals surface area (Å²) in [6.45, 7) is 6.16. The third kappa shape index (κ3) is 3.06. The molecule has 3 nitrogen and oxygen atoms in total. The van der Waals surface area contributed by atoms with Crippen molar-refractivity contribution >= 4 is 34.6 Å². The number of carbonyl (C=O) groups is 1. The van der Waals surface area contributed by atoms with Crippen LogP contribution in [0.25, 0.3) is 10.4 Å². The maximum absolute atomic E-state index is 12.0. The van der Waals surface area contributed by atoms with Crippen molar-refractivity contribution in [3.05, 3.63) is 39.2 Å². The van der Waals surface area contributed by atoms with Gasteiger partial charge in [0.15, 0.2) is 0 Å². The fourth-order valence-electron chi connectivity index (χ4n) is 2.28. The van der Waals surface area contributed by atoms with E-state index >= 15 is 0 Å². The lowest BCUT2D eigenvalue weighted by atomic mass is 10.0. The second kappa shape index (κ2) is 6.50. The van der Waals surface area contributed by atoms with Gasteiger partial charge in [0.1, 0.15) is 4.88 Å². The molecule has 1 aromatic carbocycles. The molecule has 0 aliphatic carbocycles. The van der Waals surface area contributed by atoms with E-state index in [1.165, 1.54) is 11.3 Å². The molecule has 0 fully saturated rings. The van der Waals surface area contributed by atoms with Crippen molar-refractivity contribution in [3.8, 4) is 10.4 Å². The number of rotatable bonds is 4. The van der Waals surface area contributed by atoms with Gasteiger partial charge in [-0.25, -0.2) is 4.79 Å². The minimum Gasteiger partial charge on any atom is -0.462 e. The van der Waals surface area contributed by atoms with E-state index in [1.54, 1.807) is 6.92 Å². The molecule has 1 aromatic heterocycles. The van der Waals surface area contributed by atoms with Crippen LogP contribution in [0.15, 0.2) is 18.2 Å². The maximum Gasteiger partial charge on any atom is 0.350 e. The maximum atomic E-state index is 12.0. The van der Waals surface area contributed by atoms with Gasteiger partial charge in [0.2, 0.25) is 0 Å². The number of carbonyl (C=O) groups excluding carboxylic acids is 1. The number of esters is 1. The normalized spacial score (nSPS) is 10.7. The number of nitrogens with two attached hydrogens (primary N) is 1. The lowest BCUT2D eigenvalue weighted by Crippen LogP contribution is -2.05. The number of anilines is 1. The minimum atomic E-state index is -0.354. The predicted molar refractivity (Wildman–Crippen MR) is 89.2 cm³/mol. The monoisotopic (exact) mass is 323 g/mol. The van der Waals surface area contributed by atoms with Gasteiger partial charge in [-0.2, -0.15) is 0 Å². The molecule has 21 heavy (non-hydrogen) atoms. The Morgan fingerprint density at radius 1 is 1.38 bits per heavy atom. The number of aryl methyl sites for hydroxylation is 1. The van der Waals surface area contributed by atoms with E-state index in [4.69, 9.17) is 22.1 Å². The summed E-state index contributed by atoms with van der Waals surface area (Å²) in [5.74, 6) is -0.354. The second-order valence-corrected chi connectivity index (χ2v) is 6.14. The van der Waals surface area contributed by atoms with Crippen LogP contribution in [0.5, 0.6) is 0 Å². The van der Waals surface area contributed by atoms with E-state index < -0.39 is 0 Å². The molecule has 112 valence electrons. The summed E-state index contributed by atoms with van der Waals surface area (Å²) < 4.78 is 5.08. The smallest absolute Gasteiger partial charge is 0.350 e. The molecule has 0 aliphatic rings. The van der Waals surface area contributed by atoms with Gasteiger partial charge in [0.05, 0.1) is 12.3 Å². The van der Waals surface area contributed by atoms with E-state index in [0.717, 1.165) is 28.0 Å². The molecule has 2 N–H and O–H groups in total. The van der Waals surface area contributed by atoms with Crippen LogP contribution in [0, 0.1) is 6.92 Å². The Labute approximate surface area is 133 Å². The van der Waals surface area contributed by atoms with Gasteiger partial charge in [-0.3, -0.25) is 0 Å². The Kier molecular flexibility index (Phi) is 4.91. The van der Waals surface area contributed by atoms with E-state index in [-0.39, 0.29) is 5.97 Å². The second-order valence-electron chi connectivity index (χ2n) is 4.69. The van der Waals surface area contributed by atoms with Crippen molar-refractivity contribution < 1.29 is 9.53 Å². The first-order valence-electron chi connectivity index (χ1n) is 6.84. The zero-order valence-corrected chi connectivity index (χ0v) is 13.9. The van der Waals surface area contributed by atoms with Crippen LogP contribution in [-0.4, -0.2) is 12.6 Å². The average molecular weight is 324 g/mol. The van der Waals surface area contributed by atoms with Crippen LogP contribution in [0.2, 0.25) is 5.02 Å². The van der Waals surface area contributed by atoms with E-state index in [1.807, 2.05) is 32.0 Å². The minimum absolute atomic E-state index is 0.340. The Hall–Kier alpha value is -1.52. The molecule has 0 bridgehead atoms. The van der Waals surface area contributed by atoms with Gasteiger partial charge in [-0.15, -0.1) is 11.3 Å². The van der Waals surface area contributed by atoms with E-state index in [9.17, 15) is 4.79 Å². The lowest BCUT2D eigenvalue weighted by Gasteiger charge is -2.07. The van der Waals surface area contributed by atoms with Gasteiger partial charge in [-0.1, -0.05) is 24.6 Å². The number of nitrogen functional groups attached to an aromatic ring is 1. The van der Waals surface area contributed by atoms with E-state index in [2.05, 4.69) is 0 Å². The number of hydrogen-bond acceptors (Lipinski definition) is 4. The lowest BCUT2D eigenvalue weighted by molar-refractivity contribution is 0.0533. The fourth-order valence-corrected chi connectivity index (χ4v) is 3.80. The molecule has 5 heteroatoms. The highest BCUT2D eigenvalue weighted by atomic mass is 35.5. The summed E-state index contributed by atoms with van der Waals surface area (Å²) in [6, 6.07) is 5.73. The number of halogens is 1. The Bertz CT molecular complexity index is 679. The van der Waals surface area contributed by atoms with Crippen LogP contribution < -0.4 is 5.73 Å². The van der Waals surface area contributed by atoms with Gasteiger partial charge in [-0.05, 0) is 49.1 Å². The van der Waals surface area contributed by atoms with Crippen LogP contribution in [0.1, 0.15) is 34.6 Å². The van der Waals surface area contributed by atoms with Crippen LogP contribution in [0.4, 0.5) is 5.69 Å². The standard InChI is InChI=1S/C16H18ClNO2S/c1-4-11-13(18)15(16(19)20-5-2)21-14(11)12-7-6-10(17)8-9(12)3/h6-8H,4-5,18H2,1-3H3. The number of thiophene rings is 1. The first kappa shape index (κ1) is 15.9. The molecule has 2 rings (SSSR count). The van der Waals surface area contributed by atoms with Gasteiger partial charge in [0, 0.05) is 9.90 Å². The van der Waals surface area contributed by atoms with Gasteiger partial charge < -0.3 is 10.5 Å². The molecule has 0 saturated heterocycles. The molecule has 2 aromatic rings.